The van der Waals surface area contributed by atoms with E-state index in [0.29, 0.717) is 18.1 Å². The molecule has 0 bridgehead atoms. The molecular weight excluding hydrogens is 355 g/mol. The van der Waals surface area contributed by atoms with Crippen molar-refractivity contribution in [3.63, 3.8) is 0 Å². The first-order chi connectivity index (χ1) is 13.7. The molecule has 138 valence electrons. The van der Waals surface area contributed by atoms with Crippen LogP contribution in [0.25, 0.3) is 34.2 Å². The van der Waals surface area contributed by atoms with E-state index in [1.54, 1.807) is 25.6 Å². The van der Waals surface area contributed by atoms with E-state index in [2.05, 4.69) is 4.98 Å². The van der Waals surface area contributed by atoms with Gasteiger partial charge in [0, 0.05) is 41.7 Å². The molecular formula is C22H17FN4O. The molecule has 0 spiro atoms. The minimum Gasteiger partial charge on any atom is -0.497 e. The fourth-order valence-corrected chi connectivity index (χ4v) is 3.53. The summed E-state index contributed by atoms with van der Waals surface area (Å²) in [4.78, 5) is 13.7. The number of allylic oxidation sites excluding steroid dienone is 1. The maximum absolute atomic E-state index is 14.1. The molecule has 0 N–H and O–H groups in total. The van der Waals surface area contributed by atoms with E-state index in [-0.39, 0.29) is 0 Å². The lowest BCUT2D eigenvalue weighted by molar-refractivity contribution is 0.392. The van der Waals surface area contributed by atoms with Gasteiger partial charge in [-0.15, -0.1) is 0 Å². The van der Waals surface area contributed by atoms with Gasteiger partial charge in [0.15, 0.2) is 5.82 Å². The fraction of sp³-hybridized carbons (Fsp3) is 0.136. The summed E-state index contributed by atoms with van der Waals surface area (Å²) in [6.07, 6.45) is 8.12. The molecule has 6 heteroatoms. The van der Waals surface area contributed by atoms with Crippen molar-refractivity contribution in [1.82, 2.24) is 19.5 Å². The van der Waals surface area contributed by atoms with Crippen LogP contribution < -0.4 is 4.74 Å². The number of pyridine rings is 1. The zero-order valence-corrected chi connectivity index (χ0v) is 15.2. The topological polar surface area (TPSA) is 52.8 Å². The van der Waals surface area contributed by atoms with Gasteiger partial charge in [0.2, 0.25) is 0 Å². The van der Waals surface area contributed by atoms with Crippen LogP contribution in [0.5, 0.6) is 5.75 Å². The first-order valence-corrected chi connectivity index (χ1v) is 9.02. The summed E-state index contributed by atoms with van der Waals surface area (Å²) in [6, 6.07) is 11.5. The first kappa shape index (κ1) is 16.6. The first-order valence-electron chi connectivity index (χ1n) is 9.02. The van der Waals surface area contributed by atoms with Crippen LogP contribution in [0.4, 0.5) is 4.39 Å². The third kappa shape index (κ3) is 2.74. The Balaban J connectivity index is 1.79. The van der Waals surface area contributed by atoms with E-state index in [0.717, 1.165) is 33.5 Å². The summed E-state index contributed by atoms with van der Waals surface area (Å²) < 4.78 is 21.4. The standard InChI is InChI=1S/C22H17FN4O/c1-28-17-6-7-19-18(12-17)22(26-21(25-19)15-3-2-9-24-13-15)27-10-8-14-4-5-16(23)11-20(14)27/h2-10,12-13,16H,11H2,1H3/t16-/m1/s1. The van der Waals surface area contributed by atoms with Crippen molar-refractivity contribution in [1.29, 1.82) is 0 Å². The number of ether oxygens (including phenoxy) is 1. The van der Waals surface area contributed by atoms with Crippen LogP contribution in [0, 0.1) is 0 Å². The van der Waals surface area contributed by atoms with Gasteiger partial charge in [0.1, 0.15) is 17.7 Å². The highest BCUT2D eigenvalue weighted by molar-refractivity contribution is 5.88. The van der Waals surface area contributed by atoms with Gasteiger partial charge in [-0.3, -0.25) is 4.98 Å². The lowest BCUT2D eigenvalue weighted by atomic mass is 10.0. The van der Waals surface area contributed by atoms with E-state index in [1.165, 1.54) is 0 Å². The SMILES string of the molecule is COc1ccc2nc(-c3cccnc3)nc(-n3ccc4c3C[C@H](F)C=C4)c2c1. The van der Waals surface area contributed by atoms with Crippen molar-refractivity contribution < 1.29 is 9.13 Å². The molecule has 0 saturated heterocycles. The molecule has 28 heavy (non-hydrogen) atoms. The lowest BCUT2D eigenvalue weighted by Gasteiger charge is -2.16. The second-order valence-corrected chi connectivity index (χ2v) is 6.66. The van der Waals surface area contributed by atoms with Crippen LogP contribution in [0.3, 0.4) is 0 Å². The summed E-state index contributed by atoms with van der Waals surface area (Å²) in [6.45, 7) is 0. The number of halogens is 1. The van der Waals surface area contributed by atoms with Crippen molar-refractivity contribution in [2.24, 2.45) is 0 Å². The van der Waals surface area contributed by atoms with E-state index in [1.807, 2.05) is 53.2 Å². The van der Waals surface area contributed by atoms with Gasteiger partial charge in [-0.05, 0) is 48.0 Å². The highest BCUT2D eigenvalue weighted by Gasteiger charge is 2.20. The molecule has 1 aliphatic carbocycles. The van der Waals surface area contributed by atoms with Gasteiger partial charge in [0.25, 0.3) is 0 Å². The van der Waals surface area contributed by atoms with Crippen LogP contribution in [0.2, 0.25) is 0 Å². The Hall–Kier alpha value is -3.54. The molecule has 5 rings (SSSR count). The quantitative estimate of drug-likeness (QED) is 0.535. The molecule has 5 nitrogen and oxygen atoms in total. The number of nitrogens with zero attached hydrogens (tertiary/aromatic N) is 4. The minimum absolute atomic E-state index is 0.316. The Labute approximate surface area is 161 Å². The van der Waals surface area contributed by atoms with Crippen molar-refractivity contribution in [2.75, 3.05) is 7.11 Å². The van der Waals surface area contributed by atoms with Crippen LogP contribution in [0.15, 0.2) is 61.1 Å². The maximum Gasteiger partial charge on any atom is 0.163 e. The molecule has 0 amide bonds. The molecule has 0 aliphatic heterocycles. The third-order valence-electron chi connectivity index (χ3n) is 4.93. The van der Waals surface area contributed by atoms with Crippen molar-refractivity contribution >= 4 is 17.0 Å². The predicted molar refractivity (Wildman–Crippen MR) is 106 cm³/mol. The van der Waals surface area contributed by atoms with Gasteiger partial charge in [-0.2, -0.15) is 0 Å². The Morgan fingerprint density at radius 3 is 2.93 bits per heavy atom. The zero-order valence-electron chi connectivity index (χ0n) is 15.2. The molecule has 1 aromatic carbocycles. The van der Waals surface area contributed by atoms with E-state index >= 15 is 0 Å². The average Bonchev–Trinajstić information content (AvgIpc) is 3.16. The number of alkyl halides is 1. The predicted octanol–water partition coefficient (Wildman–Crippen LogP) is 4.40. The molecule has 0 unspecified atom stereocenters. The normalized spacial score (nSPS) is 15.6. The van der Waals surface area contributed by atoms with Gasteiger partial charge in [-0.1, -0.05) is 6.08 Å². The molecule has 4 aromatic rings. The summed E-state index contributed by atoms with van der Waals surface area (Å²) >= 11 is 0. The summed E-state index contributed by atoms with van der Waals surface area (Å²) in [5, 5.41) is 0.843. The number of fused-ring (bicyclic) bond motifs is 2. The Bertz CT molecular complexity index is 1200. The number of methoxy groups -OCH3 is 1. The second-order valence-electron chi connectivity index (χ2n) is 6.66. The van der Waals surface area contributed by atoms with Gasteiger partial charge >= 0.3 is 0 Å². The monoisotopic (exact) mass is 372 g/mol. The average molecular weight is 372 g/mol. The molecule has 0 saturated carbocycles. The van der Waals surface area contributed by atoms with Gasteiger partial charge in [0.05, 0.1) is 12.6 Å². The van der Waals surface area contributed by atoms with Crippen LogP contribution in [-0.4, -0.2) is 32.8 Å². The number of rotatable bonds is 3. The smallest absolute Gasteiger partial charge is 0.163 e. The number of hydrogen-bond acceptors (Lipinski definition) is 4. The van der Waals surface area contributed by atoms with Crippen molar-refractivity contribution in [3.05, 3.63) is 72.3 Å². The lowest BCUT2D eigenvalue weighted by Crippen LogP contribution is -2.12. The van der Waals surface area contributed by atoms with E-state index in [4.69, 9.17) is 14.7 Å². The van der Waals surface area contributed by atoms with E-state index < -0.39 is 6.17 Å². The molecule has 1 aliphatic rings. The van der Waals surface area contributed by atoms with Crippen LogP contribution in [-0.2, 0) is 6.42 Å². The Kier molecular flexibility index (Phi) is 3.90. The molecule has 3 aromatic heterocycles. The Morgan fingerprint density at radius 1 is 1.18 bits per heavy atom. The molecule has 1 atom stereocenters. The molecule has 0 radical (unpaired) electrons. The fourth-order valence-electron chi connectivity index (χ4n) is 3.53. The second kappa shape index (κ2) is 6.56. The highest BCUT2D eigenvalue weighted by atomic mass is 19.1. The van der Waals surface area contributed by atoms with E-state index in [9.17, 15) is 4.39 Å². The highest BCUT2D eigenvalue weighted by Crippen LogP contribution is 2.31. The van der Waals surface area contributed by atoms with Crippen molar-refractivity contribution in [2.45, 2.75) is 12.6 Å². The van der Waals surface area contributed by atoms with Crippen molar-refractivity contribution in [3.8, 4) is 23.0 Å². The third-order valence-corrected chi connectivity index (χ3v) is 4.93. The summed E-state index contributed by atoms with van der Waals surface area (Å²) in [5.74, 6) is 1.99. The van der Waals surface area contributed by atoms with Gasteiger partial charge < -0.3 is 9.30 Å². The van der Waals surface area contributed by atoms with Gasteiger partial charge in [-0.25, -0.2) is 14.4 Å². The molecule has 3 heterocycles. The summed E-state index contributed by atoms with van der Waals surface area (Å²) in [5.41, 5.74) is 3.52. The van der Waals surface area contributed by atoms with Crippen LogP contribution >= 0.6 is 0 Å². The summed E-state index contributed by atoms with van der Waals surface area (Å²) in [7, 11) is 1.63. The zero-order chi connectivity index (χ0) is 19.1. The molecule has 0 fully saturated rings. The Morgan fingerprint density at radius 2 is 2.11 bits per heavy atom. The van der Waals surface area contributed by atoms with Crippen LogP contribution in [0.1, 0.15) is 11.3 Å². The maximum atomic E-state index is 14.1. The largest absolute Gasteiger partial charge is 0.497 e. The number of benzene rings is 1. The minimum atomic E-state index is -0.999. The number of hydrogen-bond donors (Lipinski definition) is 0. The number of aromatic nitrogens is 4.